The number of allylic oxidation sites excluding steroid dienone is 2. The number of aliphatic hydroxyl groups excluding tert-OH is 1. The molecular formula is C53H66N3O13+. The van der Waals surface area contributed by atoms with Crippen LogP contribution in [0.3, 0.4) is 0 Å². The number of ether oxygens (including phenoxy) is 6. The molecule has 2 fully saturated rings. The second-order valence-electron chi connectivity index (χ2n) is 19.8. The summed E-state index contributed by atoms with van der Waals surface area (Å²) in [5, 5.41) is 26.2. The number of aliphatic hydroxyl groups is 1. The van der Waals surface area contributed by atoms with Crippen LogP contribution in [0.2, 0.25) is 0 Å². The number of likely N-dealkylation sites (tertiary alicyclic amines) is 1. The molecule has 3 N–H and O–H groups in total. The molecule has 16 nitrogen and oxygen atoms in total. The van der Waals surface area contributed by atoms with Gasteiger partial charge in [0.15, 0.2) is 22.3 Å². The molecule has 5 aliphatic rings. The van der Waals surface area contributed by atoms with E-state index >= 15 is 0 Å². The van der Waals surface area contributed by atoms with Crippen LogP contribution in [-0.4, -0.2) is 113 Å². The number of ketones is 1. The molecule has 4 aromatic rings. The first-order valence-electron chi connectivity index (χ1n) is 24.2. The number of quaternary nitrogens is 1. The Balaban J connectivity index is 1.26. The lowest BCUT2D eigenvalue weighted by Gasteiger charge is -2.41. The molecule has 6 heterocycles. The standard InChI is InChI=1S/C53H65N3O13/c1-27(2)56(21-13-11-12-14-22-56)23-25-64-34-18-19-35-37(26-34)67-49-41(54-35)38-39-43(58)31(6)47-40(38)51(61)53(9,69-47)65-24-20-36(63-10)30(5)48(66-33(8)57)50-44(59)32(7)46(68-50)28(3)16-15-17-29(4)52(62)55-42(49)45(39)60/h15-20,24,26-28,30,32,36,44,46,48,50,59H,11-14,21-23,25H2,1-10H3,(H-,54,55,58,60,61,62)/p+1/b16-15+,24-20+,29-17-/t28-,30+,32-,36-,44+,46-,48+,50+,53-/m0/s1. The lowest BCUT2D eigenvalue weighted by atomic mass is 9.86. The zero-order valence-corrected chi connectivity index (χ0v) is 41.3. The van der Waals surface area contributed by atoms with Crippen molar-refractivity contribution in [1.82, 2.24) is 4.98 Å². The number of nitrogens with zero attached hydrogens (tertiary/aromatic N) is 2. The Labute approximate surface area is 401 Å². The van der Waals surface area contributed by atoms with Crippen LogP contribution in [0, 0.1) is 24.7 Å². The topological polar surface area (TPSA) is 202 Å². The third kappa shape index (κ3) is 9.12. The van der Waals surface area contributed by atoms with Crippen molar-refractivity contribution in [2.45, 2.75) is 130 Å². The lowest BCUT2D eigenvalue weighted by Crippen LogP contribution is -2.55. The van der Waals surface area contributed by atoms with Gasteiger partial charge in [-0.15, -0.1) is 0 Å². The van der Waals surface area contributed by atoms with Gasteiger partial charge in [-0.05, 0) is 71.6 Å². The van der Waals surface area contributed by atoms with Crippen LogP contribution in [-0.2, 0) is 28.5 Å². The van der Waals surface area contributed by atoms with Gasteiger partial charge < -0.3 is 52.9 Å². The van der Waals surface area contributed by atoms with Gasteiger partial charge in [0.05, 0.1) is 54.7 Å². The number of anilines is 1. The molecule has 1 aromatic heterocycles. The van der Waals surface area contributed by atoms with E-state index in [1.807, 2.05) is 19.9 Å². The smallest absolute Gasteiger partial charge is 0.312 e. The van der Waals surface area contributed by atoms with Crippen LogP contribution >= 0.6 is 0 Å². The minimum atomic E-state index is -2.03. The molecule has 3 aromatic carbocycles. The molecule has 2 saturated heterocycles. The van der Waals surface area contributed by atoms with Crippen LogP contribution in [0.25, 0.3) is 33.0 Å². The summed E-state index contributed by atoms with van der Waals surface area (Å²) < 4.78 is 44.5. The number of phenols is 1. The van der Waals surface area contributed by atoms with Crippen LogP contribution in [0.5, 0.6) is 17.2 Å². The minimum absolute atomic E-state index is 0.00961. The third-order valence-electron chi connectivity index (χ3n) is 15.0. The number of hydrogen-bond acceptors (Lipinski definition) is 14. The summed E-state index contributed by atoms with van der Waals surface area (Å²) in [5.74, 6) is -5.37. The van der Waals surface area contributed by atoms with Gasteiger partial charge in [-0.1, -0.05) is 39.0 Å². The Hall–Kier alpha value is -5.81. The van der Waals surface area contributed by atoms with Gasteiger partial charge in [0.1, 0.15) is 53.6 Å². The van der Waals surface area contributed by atoms with Gasteiger partial charge >= 0.3 is 11.8 Å². The van der Waals surface area contributed by atoms with Gasteiger partial charge in [-0.2, -0.15) is 0 Å². The molecule has 0 radical (unpaired) electrons. The Morgan fingerprint density at radius 2 is 1.74 bits per heavy atom. The van der Waals surface area contributed by atoms with E-state index in [4.69, 9.17) is 37.8 Å². The summed E-state index contributed by atoms with van der Waals surface area (Å²) in [6, 6.07) is 5.66. The number of carbonyl (C=O) groups is 3. The number of esters is 1. The molecule has 69 heavy (non-hydrogen) atoms. The maximum absolute atomic E-state index is 14.8. The fourth-order valence-electron chi connectivity index (χ4n) is 10.7. The minimum Gasteiger partial charge on any atom is -0.505 e. The van der Waals surface area contributed by atoms with Crippen molar-refractivity contribution in [3.63, 3.8) is 0 Å². The van der Waals surface area contributed by atoms with E-state index in [2.05, 4.69) is 19.2 Å². The predicted octanol–water partition coefficient (Wildman–Crippen LogP) is 7.95. The first kappa shape index (κ1) is 49.6. The summed E-state index contributed by atoms with van der Waals surface area (Å²) in [5.41, 5.74) is -0.209. The number of aromatic hydroxyl groups is 1. The Bertz CT molecular complexity index is 2820. The van der Waals surface area contributed by atoms with E-state index in [1.165, 1.54) is 65.9 Å². The number of benzene rings is 3. The quantitative estimate of drug-likeness (QED) is 0.0530. The number of methoxy groups -OCH3 is 1. The monoisotopic (exact) mass is 952 g/mol. The SMILES string of the molecule is CO[C@H]1/C=C/O[C@@]2(C)Oc3c(C)c(=O)c4c(O)c(c5oc6cc(OCC[N+]7(C(C)C)CCCCCC7)ccc6nc5c4c3C2=O)NC(=O)/C(C)=C\C=C\[C@H](C)[C@@H]2O[C@H]([C@H](O)[C@@H]2C)[C@H](OC(C)=O)[C@@H]1C. The number of amides is 1. The second kappa shape index (κ2) is 19.5. The van der Waals surface area contributed by atoms with E-state index in [1.54, 1.807) is 44.2 Å². The molecule has 7 bridgehead atoms. The zero-order valence-electron chi connectivity index (χ0n) is 41.3. The van der Waals surface area contributed by atoms with Crippen LogP contribution < -0.4 is 20.2 Å². The highest BCUT2D eigenvalue weighted by atomic mass is 16.7. The van der Waals surface area contributed by atoms with Crippen molar-refractivity contribution < 1.29 is 61.9 Å². The van der Waals surface area contributed by atoms with Crippen molar-refractivity contribution in [2.75, 3.05) is 38.7 Å². The molecule has 5 aliphatic heterocycles. The molecule has 9 atom stereocenters. The van der Waals surface area contributed by atoms with E-state index in [0.29, 0.717) is 23.9 Å². The number of aromatic nitrogens is 1. The van der Waals surface area contributed by atoms with Crippen molar-refractivity contribution in [3.8, 4) is 17.2 Å². The lowest BCUT2D eigenvalue weighted by molar-refractivity contribution is -0.947. The highest BCUT2D eigenvalue weighted by Gasteiger charge is 2.51. The van der Waals surface area contributed by atoms with Gasteiger partial charge in [-0.25, -0.2) is 4.98 Å². The largest absolute Gasteiger partial charge is 0.505 e. The number of rotatable bonds is 7. The highest BCUT2D eigenvalue weighted by molar-refractivity contribution is 6.26. The maximum atomic E-state index is 14.8. The van der Waals surface area contributed by atoms with E-state index in [0.717, 1.165) is 24.1 Å². The van der Waals surface area contributed by atoms with Crippen molar-refractivity contribution in [3.05, 3.63) is 75.7 Å². The van der Waals surface area contributed by atoms with Crippen molar-refractivity contribution in [1.29, 1.82) is 0 Å². The maximum Gasteiger partial charge on any atom is 0.312 e. The van der Waals surface area contributed by atoms with Gasteiger partial charge in [-0.3, -0.25) is 19.2 Å². The molecule has 0 saturated carbocycles. The van der Waals surface area contributed by atoms with E-state index in [-0.39, 0.29) is 67.4 Å². The average molecular weight is 953 g/mol. The summed E-state index contributed by atoms with van der Waals surface area (Å²) in [4.78, 5) is 60.9. The Morgan fingerprint density at radius 1 is 1.01 bits per heavy atom. The molecule has 1 amide bonds. The summed E-state index contributed by atoms with van der Waals surface area (Å²) in [7, 11) is 1.46. The first-order valence-corrected chi connectivity index (χ1v) is 24.2. The molecule has 0 spiro atoms. The molecule has 370 valence electrons. The van der Waals surface area contributed by atoms with E-state index < -0.39 is 71.1 Å². The molecule has 0 unspecified atom stereocenters. The summed E-state index contributed by atoms with van der Waals surface area (Å²) in [6.45, 7) is 19.4. The van der Waals surface area contributed by atoms with Crippen molar-refractivity contribution in [2.24, 2.45) is 17.8 Å². The predicted molar refractivity (Wildman–Crippen MR) is 259 cm³/mol. The van der Waals surface area contributed by atoms with Gasteiger partial charge in [0.2, 0.25) is 0 Å². The molecule has 9 rings (SSSR count). The average Bonchev–Trinajstić information content (AvgIpc) is 3.60. The highest BCUT2D eigenvalue weighted by Crippen LogP contribution is 2.49. The number of Topliss-reactive ketones (excluding diaryl/α,β-unsaturated/α-hetero) is 1. The second-order valence-corrected chi connectivity index (χ2v) is 19.8. The summed E-state index contributed by atoms with van der Waals surface area (Å²) in [6.07, 6.45) is 8.54. The molecule has 16 heteroatoms. The number of fused-ring (bicyclic) bond motifs is 9. The van der Waals surface area contributed by atoms with Gasteiger partial charge in [0, 0.05) is 61.3 Å². The zero-order chi connectivity index (χ0) is 49.7. The van der Waals surface area contributed by atoms with Crippen LogP contribution in [0.4, 0.5) is 5.69 Å². The fourth-order valence-corrected chi connectivity index (χ4v) is 10.7. The number of carbonyl (C=O) groups excluding carboxylic acids is 3. The number of phenolic OH excluding ortho intramolecular Hbond substituents is 1. The molecule has 0 aliphatic carbocycles. The Kier molecular flexibility index (Phi) is 14.0. The van der Waals surface area contributed by atoms with Crippen LogP contribution in [0.15, 0.2) is 63.6 Å². The van der Waals surface area contributed by atoms with Crippen LogP contribution in [0.1, 0.15) is 97.0 Å². The van der Waals surface area contributed by atoms with E-state index in [9.17, 15) is 29.4 Å². The summed E-state index contributed by atoms with van der Waals surface area (Å²) >= 11 is 0. The first-order chi connectivity index (χ1) is 32.8. The third-order valence-corrected chi connectivity index (χ3v) is 15.0. The molecular weight excluding hydrogens is 887 g/mol. The Morgan fingerprint density at radius 3 is 2.42 bits per heavy atom. The van der Waals surface area contributed by atoms with Crippen molar-refractivity contribution >= 4 is 56.3 Å². The normalized spacial score (nSPS) is 30.2. The van der Waals surface area contributed by atoms with Gasteiger partial charge in [0.25, 0.3) is 11.7 Å². The number of nitrogens with one attached hydrogen (secondary N) is 1. The fraction of sp³-hybridized carbons (Fsp3) is 0.528. The number of hydrogen-bond donors (Lipinski definition) is 3.